The van der Waals surface area contributed by atoms with E-state index in [-0.39, 0.29) is 5.91 Å². The average molecular weight is 252 g/mol. The number of carbonyl (C=O) groups is 1. The normalized spacial score (nSPS) is 10.6. The lowest BCUT2D eigenvalue weighted by Gasteiger charge is -2.08. The maximum Gasteiger partial charge on any atom is 0.230 e. The number of thioether (sulfide) groups is 1. The first-order valence-corrected chi connectivity index (χ1v) is 6.73. The van der Waals surface area contributed by atoms with Crippen LogP contribution < -0.4 is 11.1 Å². The van der Waals surface area contributed by atoms with Gasteiger partial charge in [-0.3, -0.25) is 4.79 Å². The van der Waals surface area contributed by atoms with Crippen LogP contribution in [0.2, 0.25) is 0 Å². The number of benzene rings is 1. The summed E-state index contributed by atoms with van der Waals surface area (Å²) in [5.41, 5.74) is 7.58. The van der Waals surface area contributed by atoms with Gasteiger partial charge in [0, 0.05) is 17.1 Å². The molecule has 4 heteroatoms. The molecule has 1 amide bonds. The molecule has 0 fully saturated rings. The molecule has 0 bridgehead atoms. The molecule has 0 atom stereocenters. The minimum atomic E-state index is 0.0816. The summed E-state index contributed by atoms with van der Waals surface area (Å²) in [6.07, 6.45) is 0. The predicted molar refractivity (Wildman–Crippen MR) is 74.2 cm³/mol. The summed E-state index contributed by atoms with van der Waals surface area (Å²) in [5, 5.41) is 2.89. The standard InChI is InChI=1S/C13H20N2OS/c1-9(2)7-15-13(16)8-17-11-4-5-12(14)10(3)6-11/h4-6,9H,7-8,14H2,1-3H3,(H,15,16). The molecule has 0 aliphatic heterocycles. The first-order valence-electron chi connectivity index (χ1n) is 5.74. The molecule has 3 N–H and O–H groups in total. The van der Waals surface area contributed by atoms with Gasteiger partial charge in [-0.2, -0.15) is 0 Å². The summed E-state index contributed by atoms with van der Waals surface area (Å²) in [6, 6.07) is 5.84. The van der Waals surface area contributed by atoms with Crippen LogP contribution in [0.3, 0.4) is 0 Å². The second-order valence-corrected chi connectivity index (χ2v) is 5.55. The molecule has 0 aliphatic carbocycles. The molecule has 0 saturated heterocycles. The number of anilines is 1. The van der Waals surface area contributed by atoms with Gasteiger partial charge in [-0.05, 0) is 36.6 Å². The van der Waals surface area contributed by atoms with Crippen molar-refractivity contribution in [1.29, 1.82) is 0 Å². The van der Waals surface area contributed by atoms with Gasteiger partial charge in [0.1, 0.15) is 0 Å². The molecule has 0 aromatic heterocycles. The van der Waals surface area contributed by atoms with Crippen molar-refractivity contribution in [3.63, 3.8) is 0 Å². The van der Waals surface area contributed by atoms with Crippen LogP contribution in [0.5, 0.6) is 0 Å². The number of carbonyl (C=O) groups excluding carboxylic acids is 1. The number of rotatable bonds is 5. The second-order valence-electron chi connectivity index (χ2n) is 4.50. The largest absolute Gasteiger partial charge is 0.399 e. The molecule has 0 heterocycles. The zero-order valence-corrected chi connectivity index (χ0v) is 11.4. The van der Waals surface area contributed by atoms with Crippen LogP contribution in [0.25, 0.3) is 0 Å². The van der Waals surface area contributed by atoms with Crippen molar-refractivity contribution in [2.24, 2.45) is 5.92 Å². The summed E-state index contributed by atoms with van der Waals surface area (Å²) in [5.74, 6) is 1.02. The highest BCUT2D eigenvalue weighted by Crippen LogP contribution is 2.22. The predicted octanol–water partition coefficient (Wildman–Crippen LogP) is 2.44. The Balaban J connectivity index is 2.39. The van der Waals surface area contributed by atoms with Crippen LogP contribution in [0.1, 0.15) is 19.4 Å². The third-order valence-electron chi connectivity index (χ3n) is 2.32. The van der Waals surface area contributed by atoms with Crippen LogP contribution in [-0.4, -0.2) is 18.2 Å². The van der Waals surface area contributed by atoms with Gasteiger partial charge in [-0.1, -0.05) is 13.8 Å². The molecular weight excluding hydrogens is 232 g/mol. The monoisotopic (exact) mass is 252 g/mol. The SMILES string of the molecule is Cc1cc(SCC(=O)NCC(C)C)ccc1N. The van der Waals surface area contributed by atoms with Gasteiger partial charge in [0.15, 0.2) is 0 Å². The zero-order valence-electron chi connectivity index (χ0n) is 10.6. The first-order chi connectivity index (χ1) is 7.99. The van der Waals surface area contributed by atoms with E-state index >= 15 is 0 Å². The van der Waals surface area contributed by atoms with E-state index in [1.165, 1.54) is 11.8 Å². The number of nitrogens with two attached hydrogens (primary N) is 1. The van der Waals surface area contributed by atoms with Crippen LogP contribution in [0.4, 0.5) is 5.69 Å². The maximum absolute atomic E-state index is 11.5. The Morgan fingerprint density at radius 2 is 2.18 bits per heavy atom. The van der Waals surface area contributed by atoms with Crippen LogP contribution >= 0.6 is 11.8 Å². The number of amides is 1. The van der Waals surface area contributed by atoms with Crippen LogP contribution in [0.15, 0.2) is 23.1 Å². The molecule has 1 aromatic rings. The van der Waals surface area contributed by atoms with Crippen molar-refractivity contribution >= 4 is 23.4 Å². The molecule has 94 valence electrons. The molecule has 0 saturated carbocycles. The van der Waals surface area contributed by atoms with E-state index in [9.17, 15) is 4.79 Å². The third-order valence-corrected chi connectivity index (χ3v) is 3.31. The van der Waals surface area contributed by atoms with Crippen LogP contribution in [-0.2, 0) is 4.79 Å². The minimum Gasteiger partial charge on any atom is -0.399 e. The minimum absolute atomic E-state index is 0.0816. The Labute approximate surface area is 107 Å². The first kappa shape index (κ1) is 13.9. The van der Waals surface area contributed by atoms with E-state index in [4.69, 9.17) is 5.73 Å². The average Bonchev–Trinajstić information content (AvgIpc) is 2.28. The Morgan fingerprint density at radius 3 is 2.76 bits per heavy atom. The van der Waals surface area contributed by atoms with Crippen molar-refractivity contribution in [3.8, 4) is 0 Å². The molecule has 1 rings (SSSR count). The van der Waals surface area contributed by atoms with Crippen molar-refractivity contribution in [1.82, 2.24) is 5.32 Å². The summed E-state index contributed by atoms with van der Waals surface area (Å²) < 4.78 is 0. The molecule has 0 aliphatic rings. The molecule has 0 spiro atoms. The highest BCUT2D eigenvalue weighted by atomic mass is 32.2. The van der Waals surface area contributed by atoms with E-state index in [1.807, 2.05) is 25.1 Å². The van der Waals surface area contributed by atoms with Gasteiger partial charge < -0.3 is 11.1 Å². The van der Waals surface area contributed by atoms with E-state index in [0.717, 1.165) is 22.7 Å². The van der Waals surface area contributed by atoms with Crippen molar-refractivity contribution in [2.45, 2.75) is 25.7 Å². The number of aryl methyl sites for hydroxylation is 1. The van der Waals surface area contributed by atoms with Gasteiger partial charge in [-0.15, -0.1) is 11.8 Å². The zero-order chi connectivity index (χ0) is 12.8. The van der Waals surface area contributed by atoms with E-state index in [1.54, 1.807) is 0 Å². The summed E-state index contributed by atoms with van der Waals surface area (Å²) in [6.45, 7) is 6.87. The number of hydrogen-bond donors (Lipinski definition) is 2. The Bertz CT molecular complexity index is 391. The van der Waals surface area contributed by atoms with Crippen molar-refractivity contribution in [3.05, 3.63) is 23.8 Å². The topological polar surface area (TPSA) is 55.1 Å². The van der Waals surface area contributed by atoms with Gasteiger partial charge in [0.25, 0.3) is 0 Å². The molecule has 0 radical (unpaired) electrons. The van der Waals surface area contributed by atoms with Gasteiger partial charge in [-0.25, -0.2) is 0 Å². The molecule has 1 aromatic carbocycles. The molecule has 3 nitrogen and oxygen atoms in total. The lowest BCUT2D eigenvalue weighted by atomic mass is 10.2. The van der Waals surface area contributed by atoms with Gasteiger partial charge in [0.05, 0.1) is 5.75 Å². The van der Waals surface area contributed by atoms with Crippen LogP contribution in [0, 0.1) is 12.8 Å². The van der Waals surface area contributed by atoms with Crippen molar-refractivity contribution in [2.75, 3.05) is 18.0 Å². The third kappa shape index (κ3) is 5.13. The Hall–Kier alpha value is -1.16. The lowest BCUT2D eigenvalue weighted by molar-refractivity contribution is -0.118. The lowest BCUT2D eigenvalue weighted by Crippen LogP contribution is -2.28. The fourth-order valence-electron chi connectivity index (χ4n) is 1.26. The fraction of sp³-hybridized carbons (Fsp3) is 0.462. The van der Waals surface area contributed by atoms with Crippen molar-refractivity contribution < 1.29 is 4.79 Å². The Kier molecular flexibility index (Phi) is 5.35. The number of hydrogen-bond acceptors (Lipinski definition) is 3. The van der Waals surface area contributed by atoms with E-state index < -0.39 is 0 Å². The highest BCUT2D eigenvalue weighted by Gasteiger charge is 2.04. The summed E-state index contributed by atoms with van der Waals surface area (Å²) >= 11 is 1.54. The van der Waals surface area contributed by atoms with E-state index in [0.29, 0.717) is 11.7 Å². The van der Waals surface area contributed by atoms with E-state index in [2.05, 4.69) is 19.2 Å². The summed E-state index contributed by atoms with van der Waals surface area (Å²) in [7, 11) is 0. The maximum atomic E-state index is 11.5. The molecular formula is C13H20N2OS. The Morgan fingerprint density at radius 1 is 1.47 bits per heavy atom. The molecule has 0 unspecified atom stereocenters. The number of nitrogens with one attached hydrogen (secondary N) is 1. The highest BCUT2D eigenvalue weighted by molar-refractivity contribution is 8.00. The van der Waals surface area contributed by atoms with Gasteiger partial charge in [0.2, 0.25) is 5.91 Å². The summed E-state index contributed by atoms with van der Waals surface area (Å²) in [4.78, 5) is 12.6. The number of nitrogen functional groups attached to an aromatic ring is 1. The fourth-order valence-corrected chi connectivity index (χ4v) is 2.08. The second kappa shape index (κ2) is 6.55. The molecule has 17 heavy (non-hydrogen) atoms. The van der Waals surface area contributed by atoms with Gasteiger partial charge >= 0.3 is 0 Å². The quantitative estimate of drug-likeness (QED) is 0.625. The smallest absolute Gasteiger partial charge is 0.230 e.